The fourth-order valence-corrected chi connectivity index (χ4v) is 2.93. The van der Waals surface area contributed by atoms with Crippen molar-refractivity contribution in [2.45, 2.75) is 11.1 Å². The van der Waals surface area contributed by atoms with Crippen LogP contribution < -0.4 is 11.5 Å². The van der Waals surface area contributed by atoms with E-state index in [0.29, 0.717) is 12.1 Å². The van der Waals surface area contributed by atoms with Gasteiger partial charge in [0.1, 0.15) is 0 Å². The van der Waals surface area contributed by atoms with Crippen molar-refractivity contribution in [3.05, 3.63) is 42.0 Å². The lowest BCUT2D eigenvalue weighted by molar-refractivity contribution is -0.137. The minimum atomic E-state index is -4.95. The van der Waals surface area contributed by atoms with Gasteiger partial charge in [-0.25, -0.2) is 13.4 Å². The third kappa shape index (κ3) is 3.96. The van der Waals surface area contributed by atoms with E-state index in [1.54, 1.807) is 0 Å². The third-order valence-corrected chi connectivity index (χ3v) is 4.17. The maximum atomic E-state index is 13.4. The lowest BCUT2D eigenvalue weighted by Gasteiger charge is -2.16. The van der Waals surface area contributed by atoms with Crippen LogP contribution >= 0.6 is 0 Å². The quantitative estimate of drug-likeness (QED) is 0.599. The molecule has 1 amide bonds. The molecule has 0 aliphatic rings. The number of hydrogen-bond donors (Lipinski definition) is 2. The van der Waals surface area contributed by atoms with Gasteiger partial charge in [0.2, 0.25) is 0 Å². The first-order valence-corrected chi connectivity index (χ1v) is 8.38. The molecule has 2 aromatic rings. The number of hydrogen-bond acceptors (Lipinski definition) is 4. The summed E-state index contributed by atoms with van der Waals surface area (Å²) in [6.07, 6.45) is -0.499. The number of rotatable bonds is 3. The molecular formula is C13H12F3N5O3S. The standard InChI is InChI=1S/C13H12F3N5O3S/c1-25(23,24)10-4-7(11(22)20-12(17)18)8(13(14,15)16)5-9(10)21-3-2-19-6-21/h2-6H,1H3,(H4,17,18,20,22). The van der Waals surface area contributed by atoms with Crippen molar-refractivity contribution in [1.82, 2.24) is 9.55 Å². The molecule has 0 aliphatic carbocycles. The van der Waals surface area contributed by atoms with Gasteiger partial charge in [0, 0.05) is 18.6 Å². The van der Waals surface area contributed by atoms with Gasteiger partial charge in [-0.05, 0) is 12.1 Å². The molecule has 1 heterocycles. The number of benzene rings is 1. The third-order valence-electron chi connectivity index (χ3n) is 3.05. The first-order chi connectivity index (χ1) is 11.4. The Bertz CT molecular complexity index is 946. The van der Waals surface area contributed by atoms with E-state index in [1.165, 1.54) is 12.4 Å². The van der Waals surface area contributed by atoms with Gasteiger partial charge in [0.05, 0.1) is 28.0 Å². The van der Waals surface area contributed by atoms with Gasteiger partial charge in [0.15, 0.2) is 15.8 Å². The highest BCUT2D eigenvalue weighted by molar-refractivity contribution is 7.90. The first kappa shape index (κ1) is 18.4. The van der Waals surface area contributed by atoms with Crippen LogP contribution in [0.5, 0.6) is 0 Å². The van der Waals surface area contributed by atoms with Crippen molar-refractivity contribution in [3.8, 4) is 5.69 Å². The van der Waals surface area contributed by atoms with Crippen LogP contribution in [0.15, 0.2) is 40.7 Å². The van der Waals surface area contributed by atoms with Crippen molar-refractivity contribution in [1.29, 1.82) is 0 Å². The average Bonchev–Trinajstić information content (AvgIpc) is 2.97. The Morgan fingerprint density at radius 1 is 1.28 bits per heavy atom. The number of guanidine groups is 1. The van der Waals surface area contributed by atoms with E-state index >= 15 is 0 Å². The molecule has 1 aromatic carbocycles. The Morgan fingerprint density at radius 3 is 2.36 bits per heavy atom. The Hall–Kier alpha value is -2.89. The summed E-state index contributed by atoms with van der Waals surface area (Å²) in [7, 11) is -3.99. The molecule has 134 valence electrons. The number of amides is 1. The molecule has 8 nitrogen and oxygen atoms in total. The highest BCUT2D eigenvalue weighted by Gasteiger charge is 2.37. The van der Waals surface area contributed by atoms with Crippen LogP contribution in [0.3, 0.4) is 0 Å². The smallest absolute Gasteiger partial charge is 0.370 e. The topological polar surface area (TPSA) is 133 Å². The van der Waals surface area contributed by atoms with Crippen molar-refractivity contribution >= 4 is 21.7 Å². The van der Waals surface area contributed by atoms with Crippen molar-refractivity contribution < 1.29 is 26.4 Å². The molecule has 0 unspecified atom stereocenters. The lowest BCUT2D eigenvalue weighted by atomic mass is 10.0. The van der Waals surface area contributed by atoms with Crippen LogP contribution in [0.4, 0.5) is 13.2 Å². The molecule has 0 atom stereocenters. The van der Waals surface area contributed by atoms with E-state index in [-0.39, 0.29) is 5.69 Å². The fraction of sp³-hybridized carbons (Fsp3) is 0.154. The minimum Gasteiger partial charge on any atom is -0.370 e. The molecular weight excluding hydrogens is 363 g/mol. The Kier molecular flexibility index (Phi) is 4.57. The first-order valence-electron chi connectivity index (χ1n) is 6.49. The number of halogens is 3. The number of imidazole rings is 1. The maximum Gasteiger partial charge on any atom is 0.417 e. The molecule has 2 rings (SSSR count). The van der Waals surface area contributed by atoms with Crippen LogP contribution in [-0.4, -0.2) is 36.1 Å². The van der Waals surface area contributed by atoms with Crippen LogP contribution in [0.25, 0.3) is 5.69 Å². The number of sulfone groups is 1. The number of carbonyl (C=O) groups is 1. The van der Waals surface area contributed by atoms with Crippen LogP contribution in [-0.2, 0) is 16.0 Å². The SMILES string of the molecule is CS(=O)(=O)c1cc(C(=O)N=C(N)N)c(C(F)(F)F)cc1-n1ccnc1. The van der Waals surface area contributed by atoms with Gasteiger partial charge < -0.3 is 16.0 Å². The number of aliphatic imine (C=N–C) groups is 1. The molecule has 4 N–H and O–H groups in total. The monoisotopic (exact) mass is 375 g/mol. The van der Waals surface area contributed by atoms with Crippen molar-refractivity contribution in [3.63, 3.8) is 0 Å². The second-order valence-corrected chi connectivity index (χ2v) is 6.93. The van der Waals surface area contributed by atoms with Gasteiger partial charge in [0.25, 0.3) is 5.91 Å². The summed E-state index contributed by atoms with van der Waals surface area (Å²) in [4.78, 5) is 18.2. The molecule has 0 saturated heterocycles. The summed E-state index contributed by atoms with van der Waals surface area (Å²) in [5.74, 6) is -2.16. The highest BCUT2D eigenvalue weighted by atomic mass is 32.2. The molecule has 0 saturated carbocycles. The number of carbonyl (C=O) groups excluding carboxylic acids is 1. The summed E-state index contributed by atoms with van der Waals surface area (Å²) >= 11 is 0. The molecule has 0 spiro atoms. The van der Waals surface area contributed by atoms with Gasteiger partial charge >= 0.3 is 6.18 Å². The second-order valence-electron chi connectivity index (χ2n) is 4.95. The Morgan fingerprint density at radius 2 is 1.92 bits per heavy atom. The Labute approximate surface area is 139 Å². The molecule has 0 radical (unpaired) electrons. The zero-order chi connectivity index (χ0) is 19.0. The van der Waals surface area contributed by atoms with Crippen molar-refractivity contribution in [2.75, 3.05) is 6.26 Å². The highest BCUT2D eigenvalue weighted by Crippen LogP contribution is 2.36. The largest absolute Gasteiger partial charge is 0.417 e. The van der Waals surface area contributed by atoms with E-state index in [1.807, 2.05) is 0 Å². The summed E-state index contributed by atoms with van der Waals surface area (Å²) in [6.45, 7) is 0. The van der Waals surface area contributed by atoms with Gasteiger partial charge in [-0.2, -0.15) is 18.2 Å². The molecule has 12 heteroatoms. The van der Waals surface area contributed by atoms with Crippen LogP contribution in [0, 0.1) is 0 Å². The molecule has 25 heavy (non-hydrogen) atoms. The summed E-state index contributed by atoms with van der Waals surface area (Å²) in [5.41, 5.74) is 7.36. The second kappa shape index (κ2) is 6.20. The Balaban J connectivity index is 2.89. The van der Waals surface area contributed by atoms with Crippen molar-refractivity contribution in [2.24, 2.45) is 16.5 Å². The molecule has 0 bridgehead atoms. The van der Waals surface area contributed by atoms with E-state index in [4.69, 9.17) is 11.5 Å². The number of aromatic nitrogens is 2. The van der Waals surface area contributed by atoms with Crippen LogP contribution in [0.1, 0.15) is 15.9 Å². The normalized spacial score (nSPS) is 12.0. The van der Waals surface area contributed by atoms with Gasteiger partial charge in [-0.3, -0.25) is 4.79 Å². The molecule has 0 aliphatic heterocycles. The van der Waals surface area contributed by atoms with Crippen LogP contribution in [0.2, 0.25) is 0 Å². The zero-order valence-corrected chi connectivity index (χ0v) is 13.5. The van der Waals surface area contributed by atoms with E-state index in [9.17, 15) is 26.4 Å². The molecule has 0 fully saturated rings. The maximum absolute atomic E-state index is 13.4. The number of nitrogens with two attached hydrogens (primary N) is 2. The predicted molar refractivity (Wildman–Crippen MR) is 81.8 cm³/mol. The summed E-state index contributed by atoms with van der Waals surface area (Å²) < 4.78 is 65.2. The van der Waals surface area contributed by atoms with Gasteiger partial charge in [-0.1, -0.05) is 0 Å². The number of alkyl halides is 3. The average molecular weight is 375 g/mol. The molecule has 1 aromatic heterocycles. The zero-order valence-electron chi connectivity index (χ0n) is 12.6. The summed E-state index contributed by atoms with van der Waals surface area (Å²) in [5, 5.41) is 0. The van der Waals surface area contributed by atoms with Gasteiger partial charge in [-0.15, -0.1) is 0 Å². The predicted octanol–water partition coefficient (Wildman–Crippen LogP) is 0.708. The van der Waals surface area contributed by atoms with E-state index < -0.39 is 43.9 Å². The lowest BCUT2D eigenvalue weighted by Crippen LogP contribution is -2.25. The minimum absolute atomic E-state index is 0.312. The number of nitrogens with zero attached hydrogens (tertiary/aromatic N) is 3. The van der Waals surface area contributed by atoms with E-state index in [2.05, 4.69) is 9.98 Å². The fourth-order valence-electron chi connectivity index (χ4n) is 2.06. The summed E-state index contributed by atoms with van der Waals surface area (Å²) in [6, 6.07) is 1.13. The van der Waals surface area contributed by atoms with E-state index in [0.717, 1.165) is 17.2 Å².